The molecule has 0 aliphatic rings. The maximum atomic E-state index is 5.21. The van der Waals surface area contributed by atoms with E-state index in [9.17, 15) is 0 Å². The summed E-state index contributed by atoms with van der Waals surface area (Å²) in [6.07, 6.45) is 1.09. The first-order valence-electron chi connectivity index (χ1n) is 6.88. The molecule has 5 nitrogen and oxygen atoms in total. The van der Waals surface area contributed by atoms with Crippen molar-refractivity contribution in [2.24, 2.45) is 4.99 Å². The van der Waals surface area contributed by atoms with Crippen LogP contribution in [0.3, 0.4) is 0 Å². The van der Waals surface area contributed by atoms with Gasteiger partial charge in [-0.2, -0.15) is 0 Å². The molecular formula is C15H27IN4O. The number of nitrogens with one attached hydrogen (secondary N) is 2. The number of methoxy groups -OCH3 is 1. The molecule has 1 rings (SSSR count). The van der Waals surface area contributed by atoms with Gasteiger partial charge in [0.05, 0.1) is 7.11 Å². The van der Waals surface area contributed by atoms with Crippen LogP contribution < -0.4 is 15.4 Å². The van der Waals surface area contributed by atoms with Crippen molar-refractivity contribution in [3.05, 3.63) is 29.8 Å². The second kappa shape index (κ2) is 11.6. The molecule has 1 aromatic carbocycles. The quantitative estimate of drug-likeness (QED) is 0.315. The Morgan fingerprint density at radius 1 is 1.29 bits per heavy atom. The van der Waals surface area contributed by atoms with Crippen molar-refractivity contribution in [3.63, 3.8) is 0 Å². The summed E-state index contributed by atoms with van der Waals surface area (Å²) in [7, 11) is 7.62. The first-order chi connectivity index (χ1) is 9.65. The molecule has 21 heavy (non-hydrogen) atoms. The smallest absolute Gasteiger partial charge is 0.191 e. The summed E-state index contributed by atoms with van der Waals surface area (Å²) in [5, 5.41) is 6.60. The van der Waals surface area contributed by atoms with Crippen LogP contribution >= 0.6 is 24.0 Å². The minimum Gasteiger partial charge on any atom is -0.497 e. The highest BCUT2D eigenvalue weighted by atomic mass is 127. The minimum atomic E-state index is 0. The lowest BCUT2D eigenvalue weighted by Gasteiger charge is -2.14. The summed E-state index contributed by atoms with van der Waals surface area (Å²) in [5.41, 5.74) is 1.17. The first kappa shape index (κ1) is 20.0. The van der Waals surface area contributed by atoms with Crippen molar-refractivity contribution in [1.82, 2.24) is 15.5 Å². The van der Waals surface area contributed by atoms with Crippen LogP contribution in [0, 0.1) is 0 Å². The van der Waals surface area contributed by atoms with Crippen molar-refractivity contribution in [2.45, 2.75) is 13.0 Å². The van der Waals surface area contributed by atoms with Gasteiger partial charge in [-0.25, -0.2) is 0 Å². The summed E-state index contributed by atoms with van der Waals surface area (Å²) in [6.45, 7) is 2.71. The Labute approximate surface area is 145 Å². The van der Waals surface area contributed by atoms with Gasteiger partial charge < -0.3 is 20.3 Å². The van der Waals surface area contributed by atoms with E-state index in [0.29, 0.717) is 0 Å². The molecule has 0 unspecified atom stereocenters. The number of guanidine groups is 1. The van der Waals surface area contributed by atoms with Crippen LogP contribution in [0.1, 0.15) is 12.0 Å². The van der Waals surface area contributed by atoms with Crippen LogP contribution in [0.2, 0.25) is 0 Å². The van der Waals surface area contributed by atoms with Gasteiger partial charge in [-0.3, -0.25) is 4.99 Å². The lowest BCUT2D eigenvalue weighted by molar-refractivity contribution is 0.399. The molecule has 6 heteroatoms. The van der Waals surface area contributed by atoms with Crippen LogP contribution in [0.15, 0.2) is 29.3 Å². The zero-order valence-corrected chi connectivity index (χ0v) is 15.7. The van der Waals surface area contributed by atoms with E-state index in [1.165, 1.54) is 5.56 Å². The Balaban J connectivity index is 0.00000400. The molecule has 0 heterocycles. The number of benzene rings is 1. The van der Waals surface area contributed by atoms with Gasteiger partial charge in [-0.1, -0.05) is 12.1 Å². The van der Waals surface area contributed by atoms with Crippen molar-refractivity contribution < 1.29 is 4.74 Å². The van der Waals surface area contributed by atoms with Gasteiger partial charge in [0.25, 0.3) is 0 Å². The summed E-state index contributed by atoms with van der Waals surface area (Å²) in [5.74, 6) is 1.70. The third kappa shape index (κ3) is 8.77. The standard InChI is InChI=1S/C15H26N4O.HI/c1-16-15(17-9-6-10-19(2)3)18-12-13-7-5-8-14(11-13)20-4;/h5,7-8,11H,6,9-10,12H2,1-4H3,(H2,16,17,18);1H. The number of ether oxygens (including phenoxy) is 1. The normalized spacial score (nSPS) is 11.0. The fraction of sp³-hybridized carbons (Fsp3) is 0.533. The minimum absolute atomic E-state index is 0. The van der Waals surface area contributed by atoms with E-state index in [0.717, 1.165) is 37.8 Å². The summed E-state index contributed by atoms with van der Waals surface area (Å²) < 4.78 is 5.21. The van der Waals surface area contributed by atoms with E-state index in [2.05, 4.69) is 40.7 Å². The molecule has 0 saturated heterocycles. The Kier molecular flexibility index (Phi) is 11.1. The first-order valence-corrected chi connectivity index (χ1v) is 6.88. The van der Waals surface area contributed by atoms with Gasteiger partial charge >= 0.3 is 0 Å². The number of aliphatic imine (C=N–C) groups is 1. The van der Waals surface area contributed by atoms with E-state index in [1.807, 2.05) is 18.2 Å². The summed E-state index contributed by atoms with van der Waals surface area (Å²) in [6, 6.07) is 8.02. The van der Waals surface area contributed by atoms with E-state index < -0.39 is 0 Å². The number of hydrogen-bond acceptors (Lipinski definition) is 3. The molecule has 0 aliphatic carbocycles. The fourth-order valence-electron chi connectivity index (χ4n) is 1.79. The molecule has 0 aromatic heterocycles. The van der Waals surface area contributed by atoms with Gasteiger partial charge in [0.1, 0.15) is 5.75 Å². The lowest BCUT2D eigenvalue weighted by atomic mass is 10.2. The molecule has 0 radical (unpaired) electrons. The average molecular weight is 406 g/mol. The maximum absolute atomic E-state index is 5.21. The third-order valence-corrected chi connectivity index (χ3v) is 2.89. The molecule has 0 fully saturated rings. The van der Waals surface area contributed by atoms with Gasteiger partial charge in [-0.05, 0) is 44.8 Å². The maximum Gasteiger partial charge on any atom is 0.191 e. The molecular weight excluding hydrogens is 379 g/mol. The molecule has 120 valence electrons. The molecule has 0 aliphatic heterocycles. The van der Waals surface area contributed by atoms with Crippen LogP contribution in [-0.4, -0.2) is 52.2 Å². The molecule has 0 spiro atoms. The molecule has 1 aromatic rings. The zero-order chi connectivity index (χ0) is 14.8. The number of halogens is 1. The second-order valence-electron chi connectivity index (χ2n) is 4.86. The number of nitrogens with zero attached hydrogens (tertiary/aromatic N) is 2. The molecule has 0 saturated carbocycles. The lowest BCUT2D eigenvalue weighted by Crippen LogP contribution is -2.38. The largest absolute Gasteiger partial charge is 0.497 e. The van der Waals surface area contributed by atoms with Gasteiger partial charge in [0, 0.05) is 20.1 Å². The topological polar surface area (TPSA) is 48.9 Å². The predicted octanol–water partition coefficient (Wildman–Crippen LogP) is 1.93. The Morgan fingerprint density at radius 3 is 2.67 bits per heavy atom. The summed E-state index contributed by atoms with van der Waals surface area (Å²) >= 11 is 0. The number of rotatable bonds is 7. The number of hydrogen-bond donors (Lipinski definition) is 2. The SMILES string of the molecule is CN=C(NCCCN(C)C)NCc1cccc(OC)c1.I. The van der Waals surface area contributed by atoms with E-state index in [4.69, 9.17) is 4.74 Å². The molecule has 0 bridgehead atoms. The molecule has 2 N–H and O–H groups in total. The van der Waals surface area contributed by atoms with E-state index in [-0.39, 0.29) is 24.0 Å². The van der Waals surface area contributed by atoms with Crippen molar-refractivity contribution in [2.75, 3.05) is 41.3 Å². The Morgan fingerprint density at radius 2 is 2.05 bits per heavy atom. The second-order valence-corrected chi connectivity index (χ2v) is 4.86. The van der Waals surface area contributed by atoms with Crippen LogP contribution in [0.5, 0.6) is 5.75 Å². The van der Waals surface area contributed by atoms with Gasteiger partial charge in [-0.15, -0.1) is 24.0 Å². The predicted molar refractivity (Wildman–Crippen MR) is 99.8 cm³/mol. The van der Waals surface area contributed by atoms with Crippen molar-refractivity contribution in [3.8, 4) is 5.75 Å². The van der Waals surface area contributed by atoms with Crippen LogP contribution in [-0.2, 0) is 6.54 Å². The fourth-order valence-corrected chi connectivity index (χ4v) is 1.79. The Bertz CT molecular complexity index is 424. The highest BCUT2D eigenvalue weighted by Gasteiger charge is 1.99. The van der Waals surface area contributed by atoms with Crippen molar-refractivity contribution >= 4 is 29.9 Å². The van der Waals surface area contributed by atoms with Crippen molar-refractivity contribution in [1.29, 1.82) is 0 Å². The highest BCUT2D eigenvalue weighted by Crippen LogP contribution is 2.11. The monoisotopic (exact) mass is 406 g/mol. The van der Waals surface area contributed by atoms with E-state index in [1.54, 1.807) is 14.2 Å². The molecule has 0 atom stereocenters. The van der Waals surface area contributed by atoms with Gasteiger partial charge in [0.15, 0.2) is 5.96 Å². The third-order valence-electron chi connectivity index (χ3n) is 2.89. The van der Waals surface area contributed by atoms with E-state index >= 15 is 0 Å². The molecule has 0 amide bonds. The van der Waals surface area contributed by atoms with Gasteiger partial charge in [0.2, 0.25) is 0 Å². The zero-order valence-electron chi connectivity index (χ0n) is 13.3. The van der Waals surface area contributed by atoms with Crippen LogP contribution in [0.25, 0.3) is 0 Å². The highest BCUT2D eigenvalue weighted by molar-refractivity contribution is 14.0. The van der Waals surface area contributed by atoms with Crippen LogP contribution in [0.4, 0.5) is 0 Å². The average Bonchev–Trinajstić information content (AvgIpc) is 2.46. The Hall–Kier alpha value is -1.02. The summed E-state index contributed by atoms with van der Waals surface area (Å²) in [4.78, 5) is 6.39.